The van der Waals surface area contributed by atoms with E-state index >= 15 is 0 Å². The van der Waals surface area contributed by atoms with Crippen LogP contribution in [-0.4, -0.2) is 25.0 Å². The Morgan fingerprint density at radius 2 is 1.58 bits per heavy atom. The minimum absolute atomic E-state index is 0.000355. The number of nitrogens with zero attached hydrogens (tertiary/aromatic N) is 2. The summed E-state index contributed by atoms with van der Waals surface area (Å²) in [7, 11) is 0. The van der Waals surface area contributed by atoms with Crippen molar-refractivity contribution in [1.29, 1.82) is 5.26 Å². The zero-order chi connectivity index (χ0) is 21.8. The van der Waals surface area contributed by atoms with E-state index in [9.17, 15) is 13.6 Å². The van der Waals surface area contributed by atoms with E-state index in [1.165, 1.54) is 24.3 Å². The van der Waals surface area contributed by atoms with Gasteiger partial charge in [-0.15, -0.1) is 0 Å². The zero-order valence-electron chi connectivity index (χ0n) is 16.8. The Morgan fingerprint density at radius 1 is 0.935 bits per heavy atom. The van der Waals surface area contributed by atoms with E-state index in [1.54, 1.807) is 30.3 Å². The highest BCUT2D eigenvalue weighted by atomic mass is 19.1. The fourth-order valence-electron chi connectivity index (χ4n) is 3.81. The summed E-state index contributed by atoms with van der Waals surface area (Å²) < 4.78 is 27.7. The van der Waals surface area contributed by atoms with Gasteiger partial charge in [-0.1, -0.05) is 18.2 Å². The first-order valence-corrected chi connectivity index (χ1v) is 10.1. The van der Waals surface area contributed by atoms with E-state index in [-0.39, 0.29) is 17.4 Å². The van der Waals surface area contributed by atoms with Crippen LogP contribution in [-0.2, 0) is 0 Å². The van der Waals surface area contributed by atoms with Crippen molar-refractivity contribution in [3.05, 3.63) is 89.5 Å². The molecule has 1 heterocycles. The molecule has 156 valence electrons. The van der Waals surface area contributed by atoms with Crippen molar-refractivity contribution in [2.75, 3.05) is 18.0 Å². The standard InChI is InChI=1S/C25H21F2N3O/c26-20-6-3-18(4-7-20)19-5-10-23(24(27)15-19)25(31)29-21-11-13-30(14-12-21)22-8-1-17(16-28)2-9-22/h1-10,15,21H,11-14H2,(H,29,31). The van der Waals surface area contributed by atoms with Gasteiger partial charge in [0.2, 0.25) is 0 Å². The molecule has 0 radical (unpaired) electrons. The minimum atomic E-state index is -0.602. The second-order valence-electron chi connectivity index (χ2n) is 7.59. The lowest BCUT2D eigenvalue weighted by Crippen LogP contribution is -2.44. The van der Waals surface area contributed by atoms with Gasteiger partial charge in [-0.25, -0.2) is 8.78 Å². The zero-order valence-corrected chi connectivity index (χ0v) is 16.8. The maximum absolute atomic E-state index is 14.6. The first-order valence-electron chi connectivity index (χ1n) is 10.1. The van der Waals surface area contributed by atoms with Crippen LogP contribution in [0, 0.1) is 23.0 Å². The van der Waals surface area contributed by atoms with Crippen molar-refractivity contribution in [3.8, 4) is 17.2 Å². The molecule has 31 heavy (non-hydrogen) atoms. The van der Waals surface area contributed by atoms with Gasteiger partial charge >= 0.3 is 0 Å². The predicted octanol–water partition coefficient (Wildman–Crippen LogP) is 4.90. The molecule has 0 aromatic heterocycles. The number of carbonyl (C=O) groups is 1. The third-order valence-corrected chi connectivity index (χ3v) is 5.58. The van der Waals surface area contributed by atoms with Gasteiger partial charge in [-0.3, -0.25) is 4.79 Å². The Morgan fingerprint density at radius 3 is 2.19 bits per heavy atom. The van der Waals surface area contributed by atoms with Gasteiger partial charge in [0.15, 0.2) is 0 Å². The first-order chi connectivity index (χ1) is 15.0. The maximum Gasteiger partial charge on any atom is 0.254 e. The Kier molecular flexibility index (Phi) is 5.94. The fourth-order valence-corrected chi connectivity index (χ4v) is 3.81. The summed E-state index contributed by atoms with van der Waals surface area (Å²) in [6.07, 6.45) is 1.50. The number of carbonyl (C=O) groups excluding carboxylic acids is 1. The number of rotatable bonds is 4. The van der Waals surface area contributed by atoms with Crippen molar-refractivity contribution < 1.29 is 13.6 Å². The van der Waals surface area contributed by atoms with E-state index in [1.807, 2.05) is 12.1 Å². The number of hydrogen-bond donors (Lipinski definition) is 1. The molecule has 4 nitrogen and oxygen atoms in total. The molecule has 1 N–H and O–H groups in total. The van der Waals surface area contributed by atoms with Gasteiger partial charge in [-0.2, -0.15) is 5.26 Å². The van der Waals surface area contributed by atoms with Crippen LogP contribution < -0.4 is 10.2 Å². The number of halogens is 2. The van der Waals surface area contributed by atoms with E-state index in [0.717, 1.165) is 31.6 Å². The molecule has 0 atom stereocenters. The molecule has 1 fully saturated rings. The molecule has 0 bridgehead atoms. The third-order valence-electron chi connectivity index (χ3n) is 5.58. The molecule has 3 aromatic rings. The summed E-state index contributed by atoms with van der Waals surface area (Å²) in [6.45, 7) is 1.53. The molecule has 1 aliphatic heterocycles. The average Bonchev–Trinajstić information content (AvgIpc) is 2.80. The van der Waals surface area contributed by atoms with Crippen LogP contribution in [0.2, 0.25) is 0 Å². The van der Waals surface area contributed by atoms with Crippen molar-refractivity contribution in [3.63, 3.8) is 0 Å². The van der Waals surface area contributed by atoms with Crippen LogP contribution >= 0.6 is 0 Å². The van der Waals surface area contributed by atoms with Gasteiger partial charge in [0, 0.05) is 24.8 Å². The molecule has 0 unspecified atom stereocenters. The minimum Gasteiger partial charge on any atom is -0.371 e. The third kappa shape index (κ3) is 4.72. The number of anilines is 1. The van der Waals surface area contributed by atoms with Gasteiger partial charge < -0.3 is 10.2 Å². The first kappa shape index (κ1) is 20.5. The summed E-state index contributed by atoms with van der Waals surface area (Å²) >= 11 is 0. The largest absolute Gasteiger partial charge is 0.371 e. The van der Waals surface area contributed by atoms with Crippen LogP contribution in [0.15, 0.2) is 66.7 Å². The van der Waals surface area contributed by atoms with Crippen molar-refractivity contribution in [1.82, 2.24) is 5.32 Å². The highest BCUT2D eigenvalue weighted by Gasteiger charge is 2.22. The second kappa shape index (κ2) is 8.97. The fraction of sp³-hybridized carbons (Fsp3) is 0.200. The topological polar surface area (TPSA) is 56.1 Å². The Bertz CT molecular complexity index is 1110. The smallest absolute Gasteiger partial charge is 0.254 e. The molecule has 6 heteroatoms. The van der Waals surface area contributed by atoms with E-state index < -0.39 is 11.7 Å². The summed E-state index contributed by atoms with van der Waals surface area (Å²) in [6, 6.07) is 19.7. The van der Waals surface area contributed by atoms with Crippen molar-refractivity contribution in [2.24, 2.45) is 0 Å². The quantitative estimate of drug-likeness (QED) is 0.657. The number of nitriles is 1. The second-order valence-corrected chi connectivity index (χ2v) is 7.59. The molecule has 0 saturated carbocycles. The predicted molar refractivity (Wildman–Crippen MR) is 116 cm³/mol. The molecular formula is C25H21F2N3O. The van der Waals surface area contributed by atoms with Crippen molar-refractivity contribution >= 4 is 11.6 Å². The van der Waals surface area contributed by atoms with Crippen LogP contribution in [0.25, 0.3) is 11.1 Å². The van der Waals surface area contributed by atoms with Gasteiger partial charge in [0.1, 0.15) is 11.6 Å². The van der Waals surface area contributed by atoms with Gasteiger partial charge in [0.05, 0.1) is 17.2 Å². The number of piperidine rings is 1. The number of nitrogens with one attached hydrogen (secondary N) is 1. The van der Waals surface area contributed by atoms with E-state index in [2.05, 4.69) is 16.3 Å². The van der Waals surface area contributed by atoms with Crippen LogP contribution in [0.1, 0.15) is 28.8 Å². The number of hydrogen-bond acceptors (Lipinski definition) is 3. The number of benzene rings is 3. The lowest BCUT2D eigenvalue weighted by atomic mass is 10.0. The van der Waals surface area contributed by atoms with Crippen LogP contribution in [0.5, 0.6) is 0 Å². The molecule has 3 aromatic carbocycles. The number of amides is 1. The molecule has 1 amide bonds. The Labute approximate surface area is 179 Å². The molecule has 4 rings (SSSR count). The summed E-state index contributed by atoms with van der Waals surface area (Å²) in [4.78, 5) is 14.8. The molecule has 0 spiro atoms. The Hall–Kier alpha value is -3.72. The van der Waals surface area contributed by atoms with Crippen LogP contribution in [0.3, 0.4) is 0 Å². The van der Waals surface area contributed by atoms with Crippen LogP contribution in [0.4, 0.5) is 14.5 Å². The molecular weight excluding hydrogens is 396 g/mol. The Balaban J connectivity index is 1.36. The molecule has 1 aliphatic rings. The summed E-state index contributed by atoms with van der Waals surface area (Å²) in [5.74, 6) is -1.39. The monoisotopic (exact) mass is 417 g/mol. The summed E-state index contributed by atoms with van der Waals surface area (Å²) in [5, 5.41) is 11.8. The van der Waals surface area contributed by atoms with E-state index in [0.29, 0.717) is 16.7 Å². The highest BCUT2D eigenvalue weighted by molar-refractivity contribution is 5.95. The van der Waals surface area contributed by atoms with E-state index in [4.69, 9.17) is 5.26 Å². The van der Waals surface area contributed by atoms with Gasteiger partial charge in [0.25, 0.3) is 5.91 Å². The lowest BCUT2D eigenvalue weighted by Gasteiger charge is -2.34. The lowest BCUT2D eigenvalue weighted by molar-refractivity contribution is 0.0927. The average molecular weight is 417 g/mol. The normalized spacial score (nSPS) is 14.2. The highest BCUT2D eigenvalue weighted by Crippen LogP contribution is 2.24. The maximum atomic E-state index is 14.6. The molecule has 0 aliphatic carbocycles. The van der Waals surface area contributed by atoms with Crippen molar-refractivity contribution in [2.45, 2.75) is 18.9 Å². The SMILES string of the molecule is N#Cc1ccc(N2CCC(NC(=O)c3ccc(-c4ccc(F)cc4)cc3F)CC2)cc1. The van der Waals surface area contributed by atoms with Gasteiger partial charge in [-0.05, 0) is 72.5 Å². The molecule has 1 saturated heterocycles. The summed E-state index contributed by atoms with van der Waals surface area (Å²) in [5.41, 5.74) is 2.94.